The maximum absolute atomic E-state index is 11.1. The predicted molar refractivity (Wildman–Crippen MR) is 61.2 cm³/mol. The lowest BCUT2D eigenvalue weighted by atomic mass is 9.63. The van der Waals surface area contributed by atoms with Gasteiger partial charge >= 0.3 is 5.97 Å². The minimum Gasteiger partial charge on any atom is -0.481 e. The van der Waals surface area contributed by atoms with E-state index in [1.165, 1.54) is 32.4 Å². The van der Waals surface area contributed by atoms with Crippen LogP contribution in [0.2, 0.25) is 0 Å². The van der Waals surface area contributed by atoms with Crippen molar-refractivity contribution in [2.45, 2.75) is 38.5 Å². The van der Waals surface area contributed by atoms with Gasteiger partial charge in [0, 0.05) is 19.6 Å². The molecule has 16 heavy (non-hydrogen) atoms. The second-order valence-corrected chi connectivity index (χ2v) is 6.16. The SMILES string of the molecule is O=C(O)C1CCCC1CN1CC2(CCC2)C1. The molecule has 1 spiro atoms. The van der Waals surface area contributed by atoms with E-state index >= 15 is 0 Å². The highest BCUT2D eigenvalue weighted by molar-refractivity contribution is 5.70. The number of hydrogen-bond donors (Lipinski definition) is 1. The summed E-state index contributed by atoms with van der Waals surface area (Å²) in [7, 11) is 0. The van der Waals surface area contributed by atoms with E-state index in [2.05, 4.69) is 4.90 Å². The molecule has 3 aliphatic rings. The molecule has 2 saturated carbocycles. The highest BCUT2D eigenvalue weighted by atomic mass is 16.4. The number of carbonyl (C=O) groups is 1. The van der Waals surface area contributed by atoms with Crippen LogP contribution in [-0.4, -0.2) is 35.6 Å². The molecule has 0 radical (unpaired) electrons. The maximum Gasteiger partial charge on any atom is 0.306 e. The van der Waals surface area contributed by atoms with Crippen molar-refractivity contribution in [3.63, 3.8) is 0 Å². The molecule has 0 amide bonds. The first kappa shape index (κ1) is 10.6. The van der Waals surface area contributed by atoms with Crippen molar-refractivity contribution >= 4 is 5.97 Å². The second kappa shape index (κ2) is 3.73. The fourth-order valence-corrected chi connectivity index (χ4v) is 3.94. The standard InChI is InChI=1S/C13H21NO2/c15-12(16)11-4-1-3-10(11)7-14-8-13(9-14)5-2-6-13/h10-11H,1-9H2,(H,15,16). The van der Waals surface area contributed by atoms with Gasteiger partial charge in [-0.3, -0.25) is 4.79 Å². The van der Waals surface area contributed by atoms with Crippen molar-refractivity contribution in [2.24, 2.45) is 17.3 Å². The van der Waals surface area contributed by atoms with Crippen LogP contribution in [-0.2, 0) is 4.79 Å². The Morgan fingerprint density at radius 3 is 2.56 bits per heavy atom. The van der Waals surface area contributed by atoms with Crippen molar-refractivity contribution < 1.29 is 9.90 Å². The van der Waals surface area contributed by atoms with Crippen LogP contribution in [0.15, 0.2) is 0 Å². The highest BCUT2D eigenvalue weighted by Gasteiger charge is 2.48. The average molecular weight is 223 g/mol. The molecule has 3 heteroatoms. The van der Waals surface area contributed by atoms with Gasteiger partial charge in [0.05, 0.1) is 5.92 Å². The number of aliphatic carboxylic acids is 1. The zero-order chi connectivity index (χ0) is 11.2. The lowest BCUT2D eigenvalue weighted by Crippen LogP contribution is -2.60. The molecule has 0 aromatic rings. The lowest BCUT2D eigenvalue weighted by molar-refractivity contribution is -0.144. The monoisotopic (exact) mass is 223 g/mol. The molecule has 2 aliphatic carbocycles. The van der Waals surface area contributed by atoms with Crippen LogP contribution in [0.4, 0.5) is 0 Å². The molecule has 3 rings (SSSR count). The number of hydrogen-bond acceptors (Lipinski definition) is 2. The Morgan fingerprint density at radius 1 is 1.25 bits per heavy atom. The Labute approximate surface area is 96.8 Å². The van der Waals surface area contributed by atoms with Gasteiger partial charge in [-0.25, -0.2) is 0 Å². The smallest absolute Gasteiger partial charge is 0.306 e. The minimum absolute atomic E-state index is 0.0575. The van der Waals surface area contributed by atoms with Crippen molar-refractivity contribution in [1.29, 1.82) is 0 Å². The van der Waals surface area contributed by atoms with E-state index in [9.17, 15) is 4.79 Å². The Kier molecular flexibility index (Phi) is 2.46. The van der Waals surface area contributed by atoms with Gasteiger partial charge in [0.15, 0.2) is 0 Å². The van der Waals surface area contributed by atoms with Crippen LogP contribution < -0.4 is 0 Å². The van der Waals surface area contributed by atoms with E-state index < -0.39 is 5.97 Å². The molecule has 3 nitrogen and oxygen atoms in total. The summed E-state index contributed by atoms with van der Waals surface area (Å²) in [5.41, 5.74) is 0.678. The summed E-state index contributed by atoms with van der Waals surface area (Å²) in [5.74, 6) is -0.200. The van der Waals surface area contributed by atoms with E-state index in [1.807, 2.05) is 0 Å². The van der Waals surface area contributed by atoms with E-state index in [1.54, 1.807) is 0 Å². The van der Waals surface area contributed by atoms with Crippen molar-refractivity contribution in [1.82, 2.24) is 4.90 Å². The first-order chi connectivity index (χ1) is 7.69. The minimum atomic E-state index is -0.568. The number of carboxylic acids is 1. The van der Waals surface area contributed by atoms with Crippen LogP contribution in [0.5, 0.6) is 0 Å². The Balaban J connectivity index is 1.50. The third-order valence-corrected chi connectivity index (χ3v) is 5.00. The van der Waals surface area contributed by atoms with Gasteiger partial charge in [0.2, 0.25) is 0 Å². The predicted octanol–water partition coefficient (Wildman–Crippen LogP) is 1.97. The van der Waals surface area contributed by atoms with Gasteiger partial charge < -0.3 is 10.0 Å². The fraction of sp³-hybridized carbons (Fsp3) is 0.923. The topological polar surface area (TPSA) is 40.5 Å². The van der Waals surface area contributed by atoms with Crippen LogP contribution >= 0.6 is 0 Å². The summed E-state index contributed by atoms with van der Waals surface area (Å²) < 4.78 is 0. The Hall–Kier alpha value is -0.570. The van der Waals surface area contributed by atoms with Crippen LogP contribution in [0.1, 0.15) is 38.5 Å². The lowest BCUT2D eigenvalue weighted by Gasteiger charge is -2.56. The Bertz CT molecular complexity index is 290. The average Bonchev–Trinajstić information content (AvgIpc) is 2.54. The van der Waals surface area contributed by atoms with Gasteiger partial charge in [-0.05, 0) is 37.0 Å². The molecule has 1 N–H and O–H groups in total. The van der Waals surface area contributed by atoms with E-state index in [0.29, 0.717) is 11.3 Å². The molecular weight excluding hydrogens is 202 g/mol. The molecule has 90 valence electrons. The molecule has 0 aromatic carbocycles. The summed E-state index contributed by atoms with van der Waals surface area (Å²) in [6, 6.07) is 0. The molecule has 0 aromatic heterocycles. The quantitative estimate of drug-likeness (QED) is 0.795. The van der Waals surface area contributed by atoms with Gasteiger partial charge in [-0.1, -0.05) is 12.8 Å². The van der Waals surface area contributed by atoms with Gasteiger partial charge in [-0.2, -0.15) is 0 Å². The molecular formula is C13H21NO2. The van der Waals surface area contributed by atoms with Gasteiger partial charge in [0.25, 0.3) is 0 Å². The molecule has 0 bridgehead atoms. The summed E-state index contributed by atoms with van der Waals surface area (Å²) in [6.07, 6.45) is 7.38. The molecule has 3 fully saturated rings. The van der Waals surface area contributed by atoms with E-state index in [4.69, 9.17) is 5.11 Å². The van der Waals surface area contributed by atoms with Gasteiger partial charge in [0.1, 0.15) is 0 Å². The summed E-state index contributed by atoms with van der Waals surface area (Å²) in [6.45, 7) is 3.53. The van der Waals surface area contributed by atoms with E-state index in [-0.39, 0.29) is 5.92 Å². The summed E-state index contributed by atoms with van der Waals surface area (Å²) in [5, 5.41) is 9.13. The van der Waals surface area contributed by atoms with Crippen LogP contribution in [0.25, 0.3) is 0 Å². The van der Waals surface area contributed by atoms with Crippen molar-refractivity contribution in [3.05, 3.63) is 0 Å². The third-order valence-electron chi connectivity index (χ3n) is 5.00. The second-order valence-electron chi connectivity index (χ2n) is 6.16. The first-order valence-corrected chi connectivity index (χ1v) is 6.64. The first-order valence-electron chi connectivity index (χ1n) is 6.64. The number of carboxylic acid groups (broad SMARTS) is 1. The zero-order valence-electron chi connectivity index (χ0n) is 9.82. The van der Waals surface area contributed by atoms with Crippen LogP contribution in [0, 0.1) is 17.3 Å². The van der Waals surface area contributed by atoms with Crippen LogP contribution in [0.3, 0.4) is 0 Å². The largest absolute Gasteiger partial charge is 0.481 e. The molecule has 1 aliphatic heterocycles. The van der Waals surface area contributed by atoms with Crippen molar-refractivity contribution in [3.8, 4) is 0 Å². The summed E-state index contributed by atoms with van der Waals surface area (Å²) in [4.78, 5) is 13.6. The Morgan fingerprint density at radius 2 is 2.00 bits per heavy atom. The summed E-state index contributed by atoms with van der Waals surface area (Å²) >= 11 is 0. The van der Waals surface area contributed by atoms with E-state index in [0.717, 1.165) is 25.8 Å². The number of rotatable bonds is 3. The van der Waals surface area contributed by atoms with Crippen molar-refractivity contribution in [2.75, 3.05) is 19.6 Å². The fourth-order valence-electron chi connectivity index (χ4n) is 3.94. The van der Waals surface area contributed by atoms with Gasteiger partial charge in [-0.15, -0.1) is 0 Å². The third kappa shape index (κ3) is 1.65. The number of likely N-dealkylation sites (tertiary alicyclic amines) is 1. The molecule has 2 atom stereocenters. The zero-order valence-corrected chi connectivity index (χ0v) is 9.82. The maximum atomic E-state index is 11.1. The highest BCUT2D eigenvalue weighted by Crippen LogP contribution is 2.48. The molecule has 1 heterocycles. The molecule has 2 unspecified atom stereocenters. The molecule has 1 saturated heterocycles. The number of nitrogens with zero attached hydrogens (tertiary/aromatic N) is 1. The normalized spacial score (nSPS) is 37.0.